The van der Waals surface area contributed by atoms with Crippen molar-refractivity contribution in [3.8, 4) is 11.1 Å². The Labute approximate surface area is 194 Å². The van der Waals surface area contributed by atoms with Gasteiger partial charge in [0.25, 0.3) is 0 Å². The number of likely N-dealkylation sites (tertiary alicyclic amines) is 1. The zero-order valence-corrected chi connectivity index (χ0v) is 20.5. The van der Waals surface area contributed by atoms with Gasteiger partial charge < -0.3 is 9.64 Å². The minimum atomic E-state index is -3.71. The Bertz CT molecular complexity index is 1110. The molecule has 3 rings (SSSR count). The van der Waals surface area contributed by atoms with Crippen LogP contribution < -0.4 is 0 Å². The monoisotopic (exact) mass is 479 g/mol. The predicted molar refractivity (Wildman–Crippen MR) is 124 cm³/mol. The molecular weight excluding hydrogens is 448 g/mol. The number of rotatable bonds is 4. The smallest absolute Gasteiger partial charge is 0.410 e. The maximum atomic E-state index is 14.1. The molecule has 0 N–H and O–H groups in total. The van der Waals surface area contributed by atoms with E-state index in [1.165, 1.54) is 30.3 Å². The van der Waals surface area contributed by atoms with E-state index in [0.29, 0.717) is 31.5 Å². The van der Waals surface area contributed by atoms with E-state index < -0.39 is 31.8 Å². The topological polar surface area (TPSA) is 63.7 Å². The second-order valence-corrected chi connectivity index (χ2v) is 12.5. The van der Waals surface area contributed by atoms with Crippen molar-refractivity contribution in [1.29, 1.82) is 0 Å². The minimum absolute atomic E-state index is 0.143. The van der Waals surface area contributed by atoms with Crippen LogP contribution in [0.5, 0.6) is 0 Å². The largest absolute Gasteiger partial charge is 0.444 e. The van der Waals surface area contributed by atoms with Crippen molar-refractivity contribution in [3.63, 3.8) is 0 Å². The van der Waals surface area contributed by atoms with Crippen molar-refractivity contribution in [3.05, 3.63) is 54.1 Å². The highest BCUT2D eigenvalue weighted by atomic mass is 32.2. The molecule has 1 aliphatic heterocycles. The fraction of sp³-hybridized carbons (Fsp3) is 0.480. The van der Waals surface area contributed by atoms with Gasteiger partial charge in [0, 0.05) is 24.7 Å². The first-order chi connectivity index (χ1) is 15.2. The molecule has 5 nitrogen and oxygen atoms in total. The summed E-state index contributed by atoms with van der Waals surface area (Å²) in [5.41, 5.74) is 0.0866. The molecule has 8 heteroatoms. The molecule has 0 bridgehead atoms. The van der Waals surface area contributed by atoms with Gasteiger partial charge in [0.2, 0.25) is 0 Å². The Balaban J connectivity index is 1.74. The second-order valence-electron chi connectivity index (χ2n) is 10.00. The zero-order chi connectivity index (χ0) is 24.6. The average Bonchev–Trinajstić information content (AvgIpc) is 2.72. The van der Waals surface area contributed by atoms with E-state index >= 15 is 0 Å². The summed E-state index contributed by atoms with van der Waals surface area (Å²) in [5.74, 6) is -1.52. The quantitative estimate of drug-likeness (QED) is 0.553. The molecule has 1 fully saturated rings. The summed E-state index contributed by atoms with van der Waals surface area (Å²) >= 11 is 0. The third-order valence-electron chi connectivity index (χ3n) is 6.23. The molecule has 0 atom stereocenters. The Morgan fingerprint density at radius 2 is 1.55 bits per heavy atom. The van der Waals surface area contributed by atoms with Gasteiger partial charge in [-0.2, -0.15) is 0 Å². The molecule has 1 saturated heterocycles. The first-order valence-electron chi connectivity index (χ1n) is 11.0. The lowest BCUT2D eigenvalue weighted by Gasteiger charge is -2.40. The van der Waals surface area contributed by atoms with Crippen LogP contribution in [-0.2, 0) is 14.6 Å². The Morgan fingerprint density at radius 3 is 2.06 bits per heavy atom. The van der Waals surface area contributed by atoms with E-state index in [1.807, 2.05) is 20.8 Å². The van der Waals surface area contributed by atoms with Crippen molar-refractivity contribution in [2.45, 2.75) is 62.7 Å². The van der Waals surface area contributed by atoms with Crippen LogP contribution in [0, 0.1) is 17.6 Å². The lowest BCUT2D eigenvalue weighted by atomic mass is 9.86. The SMILES string of the molecule is CC(C)(C)OC(=O)N1CCC(C(C)(C)S(=O)(=O)c2ccc(-c3ccc(F)cc3F)cc2)CC1. The standard InChI is InChI=1S/C25H31F2NO4S/c1-24(2,3)32-23(29)28-14-12-18(13-15-28)25(4,5)33(30,31)20-9-6-17(7-10-20)21-11-8-19(26)16-22(21)27/h6-11,16,18H,12-15H2,1-5H3. The predicted octanol–water partition coefficient (Wildman–Crippen LogP) is 5.83. The summed E-state index contributed by atoms with van der Waals surface area (Å²) in [6.45, 7) is 9.71. The molecule has 0 spiro atoms. The molecule has 0 saturated carbocycles. The molecule has 0 radical (unpaired) electrons. The number of sulfone groups is 1. The van der Waals surface area contributed by atoms with Crippen LogP contribution in [0.4, 0.5) is 13.6 Å². The summed E-state index contributed by atoms with van der Waals surface area (Å²) in [4.78, 5) is 14.1. The van der Waals surface area contributed by atoms with Gasteiger partial charge in [0.1, 0.15) is 17.2 Å². The highest BCUT2D eigenvalue weighted by Crippen LogP contribution is 2.38. The minimum Gasteiger partial charge on any atom is -0.444 e. The number of amides is 1. The van der Waals surface area contributed by atoms with E-state index in [1.54, 1.807) is 18.7 Å². The number of nitrogens with zero attached hydrogens (tertiary/aromatic N) is 1. The summed E-state index contributed by atoms with van der Waals surface area (Å²) in [6.07, 6.45) is 0.708. The van der Waals surface area contributed by atoms with E-state index in [9.17, 15) is 22.0 Å². The third kappa shape index (κ3) is 5.37. The fourth-order valence-corrected chi connectivity index (χ4v) is 5.92. The molecule has 0 unspecified atom stereocenters. The fourth-order valence-electron chi connectivity index (χ4n) is 4.14. The lowest BCUT2D eigenvalue weighted by Crippen LogP contribution is -2.48. The van der Waals surface area contributed by atoms with Gasteiger partial charge in [0.05, 0.1) is 9.64 Å². The van der Waals surface area contributed by atoms with Gasteiger partial charge in [-0.05, 0) is 83.2 Å². The van der Waals surface area contributed by atoms with Gasteiger partial charge in [0.15, 0.2) is 9.84 Å². The second kappa shape index (κ2) is 9.05. The third-order valence-corrected chi connectivity index (χ3v) is 8.84. The van der Waals surface area contributed by atoms with Crippen LogP contribution in [0.25, 0.3) is 11.1 Å². The Morgan fingerprint density at radius 1 is 0.970 bits per heavy atom. The van der Waals surface area contributed by atoms with Crippen molar-refractivity contribution < 1.29 is 26.7 Å². The Hall–Kier alpha value is -2.48. The Kier molecular flexibility index (Phi) is 6.89. The van der Waals surface area contributed by atoms with Gasteiger partial charge >= 0.3 is 6.09 Å². The molecule has 180 valence electrons. The molecule has 1 aliphatic rings. The highest BCUT2D eigenvalue weighted by molar-refractivity contribution is 7.92. The number of halogens is 2. The van der Waals surface area contributed by atoms with Crippen LogP contribution in [0.3, 0.4) is 0 Å². The summed E-state index contributed by atoms with van der Waals surface area (Å²) < 4.78 is 58.6. The van der Waals surface area contributed by atoms with Crippen molar-refractivity contribution in [2.75, 3.05) is 13.1 Å². The first-order valence-corrected chi connectivity index (χ1v) is 12.5. The lowest BCUT2D eigenvalue weighted by molar-refractivity contribution is 0.0172. The molecule has 33 heavy (non-hydrogen) atoms. The molecular formula is C25H31F2NO4S. The van der Waals surface area contributed by atoms with E-state index in [0.717, 1.165) is 12.1 Å². The van der Waals surface area contributed by atoms with Crippen LogP contribution in [0.15, 0.2) is 47.4 Å². The zero-order valence-electron chi connectivity index (χ0n) is 19.7. The van der Waals surface area contributed by atoms with Gasteiger partial charge in [-0.15, -0.1) is 0 Å². The van der Waals surface area contributed by atoms with Gasteiger partial charge in [-0.1, -0.05) is 12.1 Å². The summed E-state index contributed by atoms with van der Waals surface area (Å²) in [5, 5.41) is 0. The van der Waals surface area contributed by atoms with Crippen molar-refractivity contribution >= 4 is 15.9 Å². The maximum Gasteiger partial charge on any atom is 0.410 e. The number of ether oxygens (including phenoxy) is 1. The first kappa shape index (κ1) is 25.1. The molecule has 2 aromatic carbocycles. The number of carbonyl (C=O) groups is 1. The van der Waals surface area contributed by atoms with Gasteiger partial charge in [-0.3, -0.25) is 0 Å². The molecule has 2 aromatic rings. The van der Waals surface area contributed by atoms with E-state index in [2.05, 4.69) is 0 Å². The maximum absolute atomic E-state index is 14.1. The number of hydrogen-bond donors (Lipinski definition) is 0. The number of benzene rings is 2. The number of hydrogen-bond acceptors (Lipinski definition) is 4. The number of carbonyl (C=O) groups excluding carboxylic acids is 1. The highest BCUT2D eigenvalue weighted by Gasteiger charge is 2.44. The van der Waals surface area contributed by atoms with E-state index in [-0.39, 0.29) is 22.5 Å². The van der Waals surface area contributed by atoms with E-state index in [4.69, 9.17) is 4.74 Å². The summed E-state index contributed by atoms with van der Waals surface area (Å²) in [6, 6.07) is 9.28. The van der Waals surface area contributed by atoms with Crippen LogP contribution in [0.1, 0.15) is 47.5 Å². The van der Waals surface area contributed by atoms with Crippen LogP contribution in [0.2, 0.25) is 0 Å². The molecule has 0 aromatic heterocycles. The van der Waals surface area contributed by atoms with Crippen LogP contribution >= 0.6 is 0 Å². The summed E-state index contributed by atoms with van der Waals surface area (Å²) in [7, 11) is -3.71. The van der Waals surface area contributed by atoms with Crippen LogP contribution in [-0.4, -0.2) is 42.8 Å². The molecule has 1 amide bonds. The number of piperidine rings is 1. The van der Waals surface area contributed by atoms with Gasteiger partial charge in [-0.25, -0.2) is 22.0 Å². The van der Waals surface area contributed by atoms with Crippen molar-refractivity contribution in [1.82, 2.24) is 4.90 Å². The van der Waals surface area contributed by atoms with Crippen molar-refractivity contribution in [2.24, 2.45) is 5.92 Å². The molecule has 0 aliphatic carbocycles. The molecule has 1 heterocycles. The average molecular weight is 480 g/mol. The normalized spacial score (nSPS) is 16.0.